The van der Waals surface area contributed by atoms with Gasteiger partial charge in [-0.1, -0.05) is 43.5 Å². The highest BCUT2D eigenvalue weighted by Gasteiger charge is 2.28. The molecule has 9 heteroatoms. The van der Waals surface area contributed by atoms with Crippen molar-refractivity contribution in [3.63, 3.8) is 0 Å². The molecule has 1 atom stereocenters. The SMILES string of the molecule is CCCCOc1c(Cl)cc(C(=O)Nc2ccc(S(=O)(=O)N3CCCC(C)C3)cc2)cc1Cl. The fraction of sp³-hybridized carbons (Fsp3) is 0.435. The van der Waals surface area contributed by atoms with Crippen molar-refractivity contribution < 1.29 is 17.9 Å². The van der Waals surface area contributed by atoms with Crippen LogP contribution in [0.5, 0.6) is 5.75 Å². The summed E-state index contributed by atoms with van der Waals surface area (Å²) >= 11 is 12.5. The monoisotopic (exact) mass is 498 g/mol. The van der Waals surface area contributed by atoms with E-state index in [1.54, 1.807) is 12.1 Å². The molecule has 2 aromatic carbocycles. The maximum Gasteiger partial charge on any atom is 0.255 e. The Morgan fingerprint density at radius 1 is 1.19 bits per heavy atom. The lowest BCUT2D eigenvalue weighted by molar-refractivity contribution is 0.102. The number of benzene rings is 2. The minimum atomic E-state index is -3.55. The summed E-state index contributed by atoms with van der Waals surface area (Å²) in [6.07, 6.45) is 3.75. The Morgan fingerprint density at radius 3 is 2.44 bits per heavy atom. The number of piperidine rings is 1. The van der Waals surface area contributed by atoms with E-state index in [0.717, 1.165) is 25.7 Å². The van der Waals surface area contributed by atoms with Crippen LogP contribution < -0.4 is 10.1 Å². The molecular formula is C23H28Cl2N2O4S. The van der Waals surface area contributed by atoms with Crippen LogP contribution in [0.1, 0.15) is 49.9 Å². The van der Waals surface area contributed by atoms with E-state index in [9.17, 15) is 13.2 Å². The van der Waals surface area contributed by atoms with Gasteiger partial charge >= 0.3 is 0 Å². The molecule has 1 heterocycles. The van der Waals surface area contributed by atoms with Gasteiger partial charge in [-0.05, 0) is 61.6 Å². The molecule has 3 rings (SSSR count). The van der Waals surface area contributed by atoms with Crippen LogP contribution in [0.2, 0.25) is 10.0 Å². The summed E-state index contributed by atoms with van der Waals surface area (Å²) in [5.41, 5.74) is 0.748. The number of hydrogen-bond donors (Lipinski definition) is 1. The molecule has 0 saturated carbocycles. The summed E-state index contributed by atoms with van der Waals surface area (Å²) in [5, 5.41) is 3.26. The molecule has 1 N–H and O–H groups in total. The Morgan fingerprint density at radius 2 is 1.84 bits per heavy atom. The number of ether oxygens (including phenoxy) is 1. The Balaban J connectivity index is 1.69. The van der Waals surface area contributed by atoms with Gasteiger partial charge in [0.1, 0.15) is 0 Å². The average molecular weight is 499 g/mol. The van der Waals surface area contributed by atoms with E-state index in [2.05, 4.69) is 19.2 Å². The van der Waals surface area contributed by atoms with Gasteiger partial charge in [-0.2, -0.15) is 4.31 Å². The number of nitrogens with zero attached hydrogens (tertiary/aromatic N) is 1. The normalized spacial score (nSPS) is 17.2. The topological polar surface area (TPSA) is 75.7 Å². The fourth-order valence-electron chi connectivity index (χ4n) is 3.57. The molecule has 1 amide bonds. The molecule has 0 radical (unpaired) electrons. The predicted molar refractivity (Wildman–Crippen MR) is 128 cm³/mol. The molecule has 1 fully saturated rings. The van der Waals surface area contributed by atoms with Crippen molar-refractivity contribution in [3.8, 4) is 5.75 Å². The standard InChI is InChI=1S/C23H28Cl2N2O4S/c1-3-4-12-31-22-20(24)13-17(14-21(22)25)23(28)26-18-7-9-19(10-8-18)32(29,30)27-11-5-6-16(2)15-27/h7-10,13-14,16H,3-6,11-12,15H2,1-2H3,(H,26,28). The molecule has 0 bridgehead atoms. The number of hydrogen-bond acceptors (Lipinski definition) is 4. The van der Waals surface area contributed by atoms with Crippen molar-refractivity contribution >= 4 is 44.8 Å². The summed E-state index contributed by atoms with van der Waals surface area (Å²) in [7, 11) is -3.55. The number of halogens is 2. The van der Waals surface area contributed by atoms with Gasteiger partial charge in [0.15, 0.2) is 5.75 Å². The van der Waals surface area contributed by atoms with Gasteiger partial charge in [0, 0.05) is 24.3 Å². The molecule has 0 spiro atoms. The first-order valence-electron chi connectivity index (χ1n) is 10.8. The van der Waals surface area contributed by atoms with E-state index in [1.807, 2.05) is 0 Å². The summed E-state index contributed by atoms with van der Waals surface area (Å²) < 4.78 is 32.9. The van der Waals surface area contributed by atoms with Gasteiger partial charge in [0.05, 0.1) is 21.5 Å². The Kier molecular flexibility index (Phi) is 8.44. The molecule has 1 unspecified atom stereocenters. The Bertz CT molecular complexity index is 1040. The number of sulfonamides is 1. The zero-order valence-corrected chi connectivity index (χ0v) is 20.6. The number of unbranched alkanes of at least 4 members (excludes halogenated alkanes) is 1. The zero-order valence-electron chi connectivity index (χ0n) is 18.2. The summed E-state index contributed by atoms with van der Waals surface area (Å²) in [5.74, 6) is 0.300. The van der Waals surface area contributed by atoms with Gasteiger partial charge in [0.2, 0.25) is 10.0 Å². The van der Waals surface area contributed by atoms with Crippen LogP contribution in [-0.2, 0) is 10.0 Å². The maximum absolute atomic E-state index is 12.9. The number of nitrogens with one attached hydrogen (secondary N) is 1. The third kappa shape index (κ3) is 5.95. The maximum atomic E-state index is 12.9. The first-order chi connectivity index (χ1) is 15.2. The third-order valence-corrected chi connectivity index (χ3v) is 7.82. The number of rotatable bonds is 8. The average Bonchev–Trinajstić information content (AvgIpc) is 2.76. The molecule has 0 aliphatic carbocycles. The van der Waals surface area contributed by atoms with E-state index in [1.165, 1.54) is 28.6 Å². The lowest BCUT2D eigenvalue weighted by atomic mass is 10.0. The minimum absolute atomic E-state index is 0.212. The lowest BCUT2D eigenvalue weighted by Crippen LogP contribution is -2.39. The Hall–Kier alpha value is -1.80. The van der Waals surface area contributed by atoms with E-state index in [-0.39, 0.29) is 20.5 Å². The molecular weight excluding hydrogens is 471 g/mol. The van der Waals surface area contributed by atoms with Gasteiger partial charge in [-0.3, -0.25) is 4.79 Å². The van der Waals surface area contributed by atoms with Gasteiger partial charge in [-0.15, -0.1) is 0 Å². The predicted octanol–water partition coefficient (Wildman–Crippen LogP) is 5.85. The van der Waals surface area contributed by atoms with Gasteiger partial charge in [-0.25, -0.2) is 8.42 Å². The molecule has 0 aromatic heterocycles. The number of anilines is 1. The molecule has 1 aliphatic heterocycles. The smallest absolute Gasteiger partial charge is 0.255 e. The summed E-state index contributed by atoms with van der Waals surface area (Å²) in [6.45, 7) is 5.66. The van der Waals surface area contributed by atoms with E-state index in [0.29, 0.717) is 37.1 Å². The largest absolute Gasteiger partial charge is 0.490 e. The van der Waals surface area contributed by atoms with Crippen LogP contribution in [0, 0.1) is 5.92 Å². The number of carbonyl (C=O) groups is 1. The van der Waals surface area contributed by atoms with Crippen LogP contribution in [-0.4, -0.2) is 38.3 Å². The number of amides is 1. The van der Waals surface area contributed by atoms with Gasteiger partial charge < -0.3 is 10.1 Å². The van der Waals surface area contributed by atoms with Crippen LogP contribution in [0.25, 0.3) is 0 Å². The van der Waals surface area contributed by atoms with Crippen LogP contribution in [0.4, 0.5) is 5.69 Å². The van der Waals surface area contributed by atoms with Crippen LogP contribution in [0.3, 0.4) is 0 Å². The number of carbonyl (C=O) groups excluding carboxylic acids is 1. The van der Waals surface area contributed by atoms with Crippen LogP contribution in [0.15, 0.2) is 41.3 Å². The molecule has 32 heavy (non-hydrogen) atoms. The first-order valence-corrected chi connectivity index (χ1v) is 13.0. The second-order valence-corrected chi connectivity index (χ2v) is 10.8. The minimum Gasteiger partial charge on any atom is -0.490 e. The van der Waals surface area contributed by atoms with E-state index in [4.69, 9.17) is 27.9 Å². The zero-order chi connectivity index (χ0) is 23.3. The Labute approximate surface area is 199 Å². The molecule has 2 aromatic rings. The van der Waals surface area contributed by atoms with E-state index < -0.39 is 15.9 Å². The lowest BCUT2D eigenvalue weighted by Gasteiger charge is -2.30. The second-order valence-electron chi connectivity index (χ2n) is 8.06. The highest BCUT2D eigenvalue weighted by atomic mass is 35.5. The van der Waals surface area contributed by atoms with Crippen molar-refractivity contribution in [2.24, 2.45) is 5.92 Å². The molecule has 1 saturated heterocycles. The van der Waals surface area contributed by atoms with E-state index >= 15 is 0 Å². The first kappa shape index (κ1) is 24.8. The van der Waals surface area contributed by atoms with Gasteiger partial charge in [0.25, 0.3) is 5.91 Å². The van der Waals surface area contributed by atoms with Crippen LogP contribution >= 0.6 is 23.2 Å². The van der Waals surface area contributed by atoms with Crippen molar-refractivity contribution in [2.45, 2.75) is 44.4 Å². The highest BCUT2D eigenvalue weighted by Crippen LogP contribution is 2.34. The highest BCUT2D eigenvalue weighted by molar-refractivity contribution is 7.89. The fourth-order valence-corrected chi connectivity index (χ4v) is 5.77. The quantitative estimate of drug-likeness (QED) is 0.463. The van der Waals surface area contributed by atoms with Crippen molar-refractivity contribution in [1.29, 1.82) is 0 Å². The molecule has 6 nitrogen and oxygen atoms in total. The van der Waals surface area contributed by atoms with Crippen molar-refractivity contribution in [1.82, 2.24) is 4.31 Å². The summed E-state index contributed by atoms with van der Waals surface area (Å²) in [6, 6.07) is 9.16. The van der Waals surface area contributed by atoms with Crippen molar-refractivity contribution in [3.05, 3.63) is 52.0 Å². The third-order valence-electron chi connectivity index (χ3n) is 5.37. The summed E-state index contributed by atoms with van der Waals surface area (Å²) in [4.78, 5) is 12.9. The molecule has 174 valence electrons. The molecule has 1 aliphatic rings. The van der Waals surface area contributed by atoms with Crippen molar-refractivity contribution in [2.75, 3.05) is 25.0 Å². The second kappa shape index (κ2) is 10.9.